The minimum atomic E-state index is -0.429. The van der Waals surface area contributed by atoms with E-state index in [1.54, 1.807) is 7.11 Å². The second kappa shape index (κ2) is 7.99. The molecule has 0 aliphatic carbocycles. The van der Waals surface area contributed by atoms with Crippen LogP contribution in [0.25, 0.3) is 0 Å². The Morgan fingerprint density at radius 2 is 1.70 bits per heavy atom. The van der Waals surface area contributed by atoms with E-state index in [2.05, 4.69) is 21.9 Å². The highest BCUT2D eigenvalue weighted by Gasteiger charge is 2.21. The van der Waals surface area contributed by atoms with E-state index in [4.69, 9.17) is 9.47 Å². The van der Waals surface area contributed by atoms with Crippen LogP contribution in [0, 0.1) is 0 Å². The minimum Gasteiger partial charge on any atom is -0.497 e. The van der Waals surface area contributed by atoms with E-state index >= 15 is 0 Å². The lowest BCUT2D eigenvalue weighted by atomic mass is 10.2. The summed E-state index contributed by atoms with van der Waals surface area (Å²) in [7, 11) is 1.68. The number of benzene rings is 1. The van der Waals surface area contributed by atoms with Gasteiger partial charge in [-0.15, -0.1) is 0 Å². The quantitative estimate of drug-likeness (QED) is 0.868. The topological polar surface area (TPSA) is 45.2 Å². The molecule has 0 spiro atoms. The van der Waals surface area contributed by atoms with Gasteiger partial charge in [0.1, 0.15) is 5.75 Å². The van der Waals surface area contributed by atoms with Gasteiger partial charge in [0.25, 0.3) is 0 Å². The molecular weight excluding hydrogens is 292 g/mol. The zero-order valence-electron chi connectivity index (χ0n) is 14.8. The van der Waals surface area contributed by atoms with Crippen LogP contribution in [0.3, 0.4) is 0 Å². The van der Waals surface area contributed by atoms with Crippen molar-refractivity contribution in [1.82, 2.24) is 4.90 Å². The first-order valence-corrected chi connectivity index (χ1v) is 8.31. The summed E-state index contributed by atoms with van der Waals surface area (Å²) in [4.78, 5) is 4.67. The first-order valence-electron chi connectivity index (χ1n) is 8.31. The molecule has 1 aromatic rings. The van der Waals surface area contributed by atoms with Gasteiger partial charge in [0.05, 0.1) is 25.4 Å². The summed E-state index contributed by atoms with van der Waals surface area (Å²) in [6.07, 6.45) is -0.429. The van der Waals surface area contributed by atoms with Crippen molar-refractivity contribution in [1.29, 1.82) is 0 Å². The largest absolute Gasteiger partial charge is 0.497 e. The summed E-state index contributed by atoms with van der Waals surface area (Å²) >= 11 is 0. The molecule has 1 fully saturated rings. The maximum absolute atomic E-state index is 10.1. The van der Waals surface area contributed by atoms with Crippen molar-refractivity contribution >= 4 is 5.69 Å². The molecule has 2 rings (SSSR count). The minimum absolute atomic E-state index is 0.200. The van der Waals surface area contributed by atoms with Crippen molar-refractivity contribution in [3.63, 3.8) is 0 Å². The predicted molar refractivity (Wildman–Crippen MR) is 93.4 cm³/mol. The van der Waals surface area contributed by atoms with Crippen LogP contribution in [0.2, 0.25) is 0 Å². The number of nitrogens with zero attached hydrogens (tertiary/aromatic N) is 2. The molecule has 1 heterocycles. The third kappa shape index (κ3) is 6.01. The van der Waals surface area contributed by atoms with Crippen LogP contribution in [0.4, 0.5) is 5.69 Å². The van der Waals surface area contributed by atoms with Gasteiger partial charge in [0.2, 0.25) is 0 Å². The average molecular weight is 322 g/mol. The molecular formula is C18H30N2O3. The molecule has 0 unspecified atom stereocenters. The second-order valence-corrected chi connectivity index (χ2v) is 7.06. The van der Waals surface area contributed by atoms with Crippen LogP contribution in [0.1, 0.15) is 20.8 Å². The Bertz CT molecular complexity index is 462. The van der Waals surface area contributed by atoms with Gasteiger partial charge in [0.15, 0.2) is 0 Å². The van der Waals surface area contributed by atoms with E-state index in [-0.39, 0.29) is 5.60 Å². The highest BCUT2D eigenvalue weighted by Crippen LogP contribution is 2.20. The van der Waals surface area contributed by atoms with E-state index in [1.807, 2.05) is 32.9 Å². The van der Waals surface area contributed by atoms with Crippen LogP contribution in [-0.4, -0.2) is 68.2 Å². The first kappa shape index (κ1) is 18.0. The molecule has 23 heavy (non-hydrogen) atoms. The number of anilines is 1. The third-order valence-electron chi connectivity index (χ3n) is 3.99. The molecule has 5 nitrogen and oxygen atoms in total. The van der Waals surface area contributed by atoms with E-state index in [1.165, 1.54) is 5.69 Å². The van der Waals surface area contributed by atoms with Gasteiger partial charge in [-0.2, -0.15) is 0 Å². The standard InChI is InChI=1S/C18H30N2O3/c1-18(2,3)23-14-16(21)13-19-9-11-20(12-10-19)15-5-7-17(22-4)8-6-15/h5-8,16,21H,9-14H2,1-4H3/t16-/m1/s1. The molecule has 1 atom stereocenters. The molecule has 1 aliphatic rings. The lowest BCUT2D eigenvalue weighted by molar-refractivity contribution is -0.0563. The Labute approximate surface area is 139 Å². The van der Waals surface area contributed by atoms with Gasteiger partial charge < -0.3 is 19.5 Å². The van der Waals surface area contributed by atoms with E-state index < -0.39 is 6.10 Å². The van der Waals surface area contributed by atoms with Crippen molar-refractivity contribution in [2.45, 2.75) is 32.5 Å². The van der Waals surface area contributed by atoms with Gasteiger partial charge in [-0.1, -0.05) is 0 Å². The molecule has 0 saturated carbocycles. The van der Waals surface area contributed by atoms with Gasteiger partial charge in [-0.3, -0.25) is 4.90 Å². The number of aliphatic hydroxyl groups excluding tert-OH is 1. The average Bonchev–Trinajstić information content (AvgIpc) is 2.53. The first-order chi connectivity index (χ1) is 10.9. The summed E-state index contributed by atoms with van der Waals surface area (Å²) in [5.74, 6) is 0.884. The van der Waals surface area contributed by atoms with E-state index in [9.17, 15) is 5.11 Å². The molecule has 0 aromatic heterocycles. The normalized spacial score (nSPS) is 18.0. The Morgan fingerprint density at radius 1 is 1.09 bits per heavy atom. The summed E-state index contributed by atoms with van der Waals surface area (Å²) in [6.45, 7) is 10.9. The van der Waals surface area contributed by atoms with E-state index in [0.717, 1.165) is 31.9 Å². The van der Waals surface area contributed by atoms with Crippen LogP contribution in [-0.2, 0) is 4.74 Å². The van der Waals surface area contributed by atoms with Crippen molar-refractivity contribution in [2.75, 3.05) is 51.3 Å². The maximum Gasteiger partial charge on any atom is 0.119 e. The number of rotatable bonds is 6. The number of piperazine rings is 1. The fourth-order valence-corrected chi connectivity index (χ4v) is 2.68. The van der Waals surface area contributed by atoms with Crippen LogP contribution >= 0.6 is 0 Å². The van der Waals surface area contributed by atoms with Crippen molar-refractivity contribution < 1.29 is 14.6 Å². The summed E-state index contributed by atoms with van der Waals surface area (Å²) in [5.41, 5.74) is 1.02. The zero-order chi connectivity index (χ0) is 16.9. The molecule has 0 radical (unpaired) electrons. The Balaban J connectivity index is 1.74. The summed E-state index contributed by atoms with van der Waals surface area (Å²) in [6, 6.07) is 8.19. The van der Waals surface area contributed by atoms with Crippen molar-refractivity contribution in [3.05, 3.63) is 24.3 Å². The lowest BCUT2D eigenvalue weighted by Crippen LogP contribution is -2.49. The number of aliphatic hydroxyl groups is 1. The van der Waals surface area contributed by atoms with Crippen LogP contribution in [0.15, 0.2) is 24.3 Å². The Hall–Kier alpha value is -1.30. The zero-order valence-corrected chi connectivity index (χ0v) is 14.8. The molecule has 0 bridgehead atoms. The highest BCUT2D eigenvalue weighted by atomic mass is 16.5. The van der Waals surface area contributed by atoms with Crippen molar-refractivity contribution in [2.24, 2.45) is 0 Å². The second-order valence-electron chi connectivity index (χ2n) is 7.06. The maximum atomic E-state index is 10.1. The van der Waals surface area contributed by atoms with Crippen LogP contribution in [0.5, 0.6) is 5.75 Å². The molecule has 1 N–H and O–H groups in total. The Kier molecular flexibility index (Phi) is 6.27. The fraction of sp³-hybridized carbons (Fsp3) is 0.667. The number of ether oxygens (including phenoxy) is 2. The van der Waals surface area contributed by atoms with Gasteiger partial charge in [0, 0.05) is 38.4 Å². The lowest BCUT2D eigenvalue weighted by Gasteiger charge is -2.37. The van der Waals surface area contributed by atoms with E-state index in [0.29, 0.717) is 13.2 Å². The predicted octanol–water partition coefficient (Wildman–Crippen LogP) is 1.99. The fourth-order valence-electron chi connectivity index (χ4n) is 2.68. The number of β-amino-alcohol motifs (C(OH)–C–C–N with tert-alkyl or cyclic N) is 1. The molecule has 0 amide bonds. The molecule has 1 aliphatic heterocycles. The molecule has 130 valence electrons. The van der Waals surface area contributed by atoms with Crippen LogP contribution < -0.4 is 9.64 Å². The summed E-state index contributed by atoms with van der Waals surface area (Å²) < 4.78 is 10.8. The smallest absolute Gasteiger partial charge is 0.119 e. The molecule has 1 saturated heterocycles. The molecule has 5 heteroatoms. The number of hydrogen-bond donors (Lipinski definition) is 1. The van der Waals surface area contributed by atoms with Gasteiger partial charge >= 0.3 is 0 Å². The number of hydrogen-bond acceptors (Lipinski definition) is 5. The third-order valence-corrected chi connectivity index (χ3v) is 3.99. The monoisotopic (exact) mass is 322 g/mol. The Morgan fingerprint density at radius 3 is 2.22 bits per heavy atom. The van der Waals surface area contributed by atoms with Gasteiger partial charge in [-0.25, -0.2) is 0 Å². The molecule has 1 aromatic carbocycles. The summed E-state index contributed by atoms with van der Waals surface area (Å²) in [5, 5.41) is 10.1. The highest BCUT2D eigenvalue weighted by molar-refractivity contribution is 5.49. The van der Waals surface area contributed by atoms with Crippen molar-refractivity contribution in [3.8, 4) is 5.75 Å². The SMILES string of the molecule is COc1ccc(N2CCN(C[C@@H](O)COC(C)(C)C)CC2)cc1. The number of methoxy groups -OCH3 is 1. The van der Waals surface area contributed by atoms with Gasteiger partial charge in [-0.05, 0) is 45.0 Å².